The summed E-state index contributed by atoms with van der Waals surface area (Å²) in [7, 11) is 0. The smallest absolute Gasteiger partial charge is 0.000783 e. The molecule has 2 atom stereocenters. The van der Waals surface area contributed by atoms with Gasteiger partial charge in [-0.05, 0) is 55.9 Å². The summed E-state index contributed by atoms with van der Waals surface area (Å²) in [5.41, 5.74) is 0.723. The molecule has 0 saturated heterocycles. The van der Waals surface area contributed by atoms with Gasteiger partial charge in [0.05, 0.1) is 0 Å². The van der Waals surface area contributed by atoms with Crippen LogP contribution in [0.3, 0.4) is 0 Å². The lowest BCUT2D eigenvalue weighted by molar-refractivity contribution is 0.268. The summed E-state index contributed by atoms with van der Waals surface area (Å²) in [4.78, 5) is 0. The van der Waals surface area contributed by atoms with E-state index in [2.05, 4.69) is 19.2 Å². The quantitative estimate of drug-likeness (QED) is 0.729. The number of nitrogens with one attached hydrogen (secondary N) is 1. The van der Waals surface area contributed by atoms with Crippen molar-refractivity contribution in [2.75, 3.05) is 13.1 Å². The third-order valence-corrected chi connectivity index (χ3v) is 4.69. The maximum atomic E-state index is 3.73. The highest BCUT2D eigenvalue weighted by Crippen LogP contribution is 2.47. The molecule has 2 rings (SSSR count). The highest BCUT2D eigenvalue weighted by Gasteiger charge is 2.39. The summed E-state index contributed by atoms with van der Waals surface area (Å²) < 4.78 is 0. The minimum Gasteiger partial charge on any atom is -0.316 e. The van der Waals surface area contributed by atoms with Crippen LogP contribution in [0.5, 0.6) is 0 Å². The van der Waals surface area contributed by atoms with Crippen LogP contribution in [-0.4, -0.2) is 13.1 Å². The van der Waals surface area contributed by atoms with Crippen LogP contribution in [0.4, 0.5) is 0 Å². The molecule has 2 fully saturated rings. The van der Waals surface area contributed by atoms with E-state index in [0.29, 0.717) is 0 Å². The van der Waals surface area contributed by atoms with Gasteiger partial charge < -0.3 is 5.32 Å². The molecule has 1 heteroatoms. The van der Waals surface area contributed by atoms with E-state index < -0.39 is 0 Å². The molecule has 2 unspecified atom stereocenters. The Morgan fingerprint density at radius 3 is 2.67 bits per heavy atom. The molecule has 0 heterocycles. The molecule has 0 bridgehead atoms. The monoisotopic (exact) mass is 209 g/mol. The normalized spacial score (nSPS) is 34.0. The molecule has 2 aliphatic carbocycles. The molecule has 15 heavy (non-hydrogen) atoms. The van der Waals surface area contributed by atoms with E-state index in [1.807, 2.05) is 0 Å². The van der Waals surface area contributed by atoms with Crippen LogP contribution in [0, 0.1) is 17.3 Å². The fourth-order valence-electron chi connectivity index (χ4n) is 3.12. The lowest BCUT2D eigenvalue weighted by atomic mass is 9.82. The maximum Gasteiger partial charge on any atom is 0.000783 e. The van der Waals surface area contributed by atoms with E-state index in [0.717, 1.165) is 17.3 Å². The van der Waals surface area contributed by atoms with Crippen molar-refractivity contribution < 1.29 is 0 Å². The Balaban J connectivity index is 1.61. The first-order valence-corrected chi connectivity index (χ1v) is 6.95. The predicted octanol–water partition coefficient (Wildman–Crippen LogP) is 3.59. The van der Waals surface area contributed by atoms with Crippen molar-refractivity contribution in [3.8, 4) is 0 Å². The Labute approximate surface area is 95.0 Å². The Morgan fingerprint density at radius 1 is 1.27 bits per heavy atom. The summed E-state index contributed by atoms with van der Waals surface area (Å²) >= 11 is 0. The second-order valence-electron chi connectivity index (χ2n) is 6.12. The number of rotatable bonds is 5. The van der Waals surface area contributed by atoms with Crippen LogP contribution in [0.15, 0.2) is 0 Å². The van der Waals surface area contributed by atoms with E-state index in [1.54, 1.807) is 0 Å². The maximum absolute atomic E-state index is 3.73. The molecule has 0 amide bonds. The molecule has 0 radical (unpaired) electrons. The SMILES string of the molecule is CCC1(CNCC2CCCC(C)C2)CC1. The van der Waals surface area contributed by atoms with Gasteiger partial charge in [-0.3, -0.25) is 0 Å². The van der Waals surface area contributed by atoms with Gasteiger partial charge in [-0.2, -0.15) is 0 Å². The van der Waals surface area contributed by atoms with Crippen molar-refractivity contribution in [3.05, 3.63) is 0 Å². The van der Waals surface area contributed by atoms with E-state index in [-0.39, 0.29) is 0 Å². The van der Waals surface area contributed by atoms with Gasteiger partial charge in [-0.25, -0.2) is 0 Å². The van der Waals surface area contributed by atoms with Crippen LogP contribution < -0.4 is 5.32 Å². The van der Waals surface area contributed by atoms with Gasteiger partial charge in [0.25, 0.3) is 0 Å². The Morgan fingerprint density at radius 2 is 2.07 bits per heavy atom. The van der Waals surface area contributed by atoms with Crippen molar-refractivity contribution >= 4 is 0 Å². The molecule has 2 aliphatic rings. The largest absolute Gasteiger partial charge is 0.316 e. The standard InChI is InChI=1S/C14H27N/c1-3-14(7-8-14)11-15-10-13-6-4-5-12(2)9-13/h12-13,15H,3-11H2,1-2H3. The molecule has 0 aliphatic heterocycles. The van der Waals surface area contributed by atoms with Gasteiger partial charge in [0, 0.05) is 6.54 Å². The van der Waals surface area contributed by atoms with Gasteiger partial charge in [0.15, 0.2) is 0 Å². The highest BCUT2D eigenvalue weighted by molar-refractivity contribution is 4.93. The van der Waals surface area contributed by atoms with E-state index in [1.165, 1.54) is 58.0 Å². The first kappa shape index (κ1) is 11.4. The molecular formula is C14H27N. The summed E-state index contributed by atoms with van der Waals surface area (Å²) in [5, 5.41) is 3.73. The average Bonchev–Trinajstić information content (AvgIpc) is 2.99. The minimum atomic E-state index is 0.723. The molecule has 0 spiro atoms. The third kappa shape index (κ3) is 3.21. The van der Waals surface area contributed by atoms with Crippen LogP contribution in [0.2, 0.25) is 0 Å². The summed E-state index contributed by atoms with van der Waals surface area (Å²) in [6, 6.07) is 0. The van der Waals surface area contributed by atoms with E-state index in [4.69, 9.17) is 0 Å². The summed E-state index contributed by atoms with van der Waals surface area (Å²) in [6.45, 7) is 7.33. The molecule has 1 nitrogen and oxygen atoms in total. The van der Waals surface area contributed by atoms with Crippen molar-refractivity contribution in [2.45, 2.75) is 58.8 Å². The van der Waals surface area contributed by atoms with Crippen molar-refractivity contribution in [2.24, 2.45) is 17.3 Å². The first-order valence-electron chi connectivity index (χ1n) is 6.95. The van der Waals surface area contributed by atoms with Crippen LogP contribution >= 0.6 is 0 Å². The lowest BCUT2D eigenvalue weighted by Gasteiger charge is -2.27. The molecular weight excluding hydrogens is 182 g/mol. The van der Waals surface area contributed by atoms with Gasteiger partial charge in [-0.15, -0.1) is 0 Å². The zero-order valence-corrected chi connectivity index (χ0v) is 10.5. The third-order valence-electron chi connectivity index (χ3n) is 4.69. The predicted molar refractivity (Wildman–Crippen MR) is 65.9 cm³/mol. The van der Waals surface area contributed by atoms with Crippen molar-refractivity contribution in [1.82, 2.24) is 5.32 Å². The van der Waals surface area contributed by atoms with Crippen LogP contribution in [-0.2, 0) is 0 Å². The Kier molecular flexibility index (Phi) is 3.71. The average molecular weight is 209 g/mol. The number of hydrogen-bond donors (Lipinski definition) is 1. The topological polar surface area (TPSA) is 12.0 Å². The van der Waals surface area contributed by atoms with E-state index in [9.17, 15) is 0 Å². The molecule has 1 N–H and O–H groups in total. The highest BCUT2D eigenvalue weighted by atomic mass is 14.9. The van der Waals surface area contributed by atoms with E-state index >= 15 is 0 Å². The molecule has 88 valence electrons. The van der Waals surface area contributed by atoms with Gasteiger partial charge in [0.1, 0.15) is 0 Å². The summed E-state index contributed by atoms with van der Waals surface area (Å²) in [6.07, 6.45) is 10.2. The van der Waals surface area contributed by atoms with Crippen LogP contribution in [0.1, 0.15) is 58.8 Å². The fourth-order valence-corrected chi connectivity index (χ4v) is 3.12. The second kappa shape index (κ2) is 4.86. The number of hydrogen-bond acceptors (Lipinski definition) is 1. The molecule has 0 aromatic rings. The van der Waals surface area contributed by atoms with Gasteiger partial charge in [-0.1, -0.05) is 26.7 Å². The van der Waals surface area contributed by atoms with Crippen molar-refractivity contribution in [1.29, 1.82) is 0 Å². The Hall–Kier alpha value is -0.0400. The lowest BCUT2D eigenvalue weighted by Crippen LogP contribution is -2.31. The van der Waals surface area contributed by atoms with Crippen molar-refractivity contribution in [3.63, 3.8) is 0 Å². The molecule has 0 aromatic heterocycles. The second-order valence-corrected chi connectivity index (χ2v) is 6.12. The van der Waals surface area contributed by atoms with Gasteiger partial charge >= 0.3 is 0 Å². The fraction of sp³-hybridized carbons (Fsp3) is 1.00. The van der Waals surface area contributed by atoms with Crippen LogP contribution in [0.25, 0.3) is 0 Å². The molecule has 2 saturated carbocycles. The first-order chi connectivity index (χ1) is 7.24. The minimum absolute atomic E-state index is 0.723. The zero-order chi connectivity index (χ0) is 10.7. The molecule has 0 aromatic carbocycles. The van der Waals surface area contributed by atoms with Gasteiger partial charge in [0.2, 0.25) is 0 Å². The Bertz CT molecular complexity index is 196. The summed E-state index contributed by atoms with van der Waals surface area (Å²) in [5.74, 6) is 1.95. The zero-order valence-electron chi connectivity index (χ0n) is 10.5.